The van der Waals surface area contributed by atoms with Gasteiger partial charge in [-0.1, -0.05) is 11.8 Å². The molecule has 2 heterocycles. The highest BCUT2D eigenvalue weighted by Crippen LogP contribution is 2.39. The van der Waals surface area contributed by atoms with Gasteiger partial charge in [0.1, 0.15) is 6.10 Å². The second kappa shape index (κ2) is 5.76. The fourth-order valence-corrected chi connectivity index (χ4v) is 4.62. The standard InChI is InChI=1S/C12H17N3OS2.ClH/c1-2-7(1)6-17-12-11(14-18-15-12)16-10-8-3-4-9(10)13-5-8;/h7-10,13H,1-6H2;1H. The average molecular weight is 320 g/mol. The summed E-state index contributed by atoms with van der Waals surface area (Å²) in [5.74, 6) is 3.56. The van der Waals surface area contributed by atoms with Crippen molar-refractivity contribution in [2.45, 2.75) is 42.9 Å². The molecular weight excluding hydrogens is 302 g/mol. The van der Waals surface area contributed by atoms with E-state index in [0.29, 0.717) is 18.1 Å². The van der Waals surface area contributed by atoms with Gasteiger partial charge in [0.25, 0.3) is 5.88 Å². The Balaban J connectivity index is 0.00000110. The summed E-state index contributed by atoms with van der Waals surface area (Å²) in [6.07, 6.45) is 5.64. The molecule has 19 heavy (non-hydrogen) atoms. The summed E-state index contributed by atoms with van der Waals surface area (Å²) >= 11 is 3.10. The molecule has 7 heteroatoms. The van der Waals surface area contributed by atoms with E-state index in [9.17, 15) is 0 Å². The van der Waals surface area contributed by atoms with Crippen molar-refractivity contribution < 1.29 is 4.74 Å². The van der Waals surface area contributed by atoms with Crippen LogP contribution < -0.4 is 10.1 Å². The summed E-state index contributed by atoms with van der Waals surface area (Å²) in [6.45, 7) is 1.11. The molecule has 0 spiro atoms. The number of piperidine rings is 1. The lowest BCUT2D eigenvalue weighted by molar-refractivity contribution is 0.166. The fraction of sp³-hybridized carbons (Fsp3) is 0.833. The van der Waals surface area contributed by atoms with Crippen LogP contribution in [0.25, 0.3) is 0 Å². The molecule has 3 atom stereocenters. The number of rotatable bonds is 5. The second-order valence-electron chi connectivity index (χ2n) is 5.56. The van der Waals surface area contributed by atoms with Crippen LogP contribution in [-0.4, -0.2) is 33.2 Å². The van der Waals surface area contributed by atoms with E-state index >= 15 is 0 Å². The molecule has 0 amide bonds. The van der Waals surface area contributed by atoms with Crippen LogP contribution in [0.4, 0.5) is 0 Å². The van der Waals surface area contributed by atoms with Crippen LogP contribution in [0.3, 0.4) is 0 Å². The van der Waals surface area contributed by atoms with Gasteiger partial charge in [-0.25, -0.2) is 0 Å². The van der Waals surface area contributed by atoms with Gasteiger partial charge in [0.15, 0.2) is 5.03 Å². The third kappa shape index (κ3) is 2.86. The molecule has 106 valence electrons. The number of aromatic nitrogens is 2. The van der Waals surface area contributed by atoms with E-state index in [4.69, 9.17) is 4.74 Å². The van der Waals surface area contributed by atoms with Crippen LogP contribution in [0, 0.1) is 11.8 Å². The maximum absolute atomic E-state index is 6.14. The molecule has 0 aromatic carbocycles. The Morgan fingerprint density at radius 2 is 2.16 bits per heavy atom. The molecule has 2 bridgehead atoms. The van der Waals surface area contributed by atoms with Gasteiger partial charge < -0.3 is 10.1 Å². The van der Waals surface area contributed by atoms with E-state index in [0.717, 1.165) is 23.4 Å². The maximum Gasteiger partial charge on any atom is 0.260 e. The zero-order valence-corrected chi connectivity index (χ0v) is 13.0. The maximum atomic E-state index is 6.14. The van der Waals surface area contributed by atoms with E-state index in [1.165, 1.54) is 43.2 Å². The highest BCUT2D eigenvalue weighted by Gasteiger charge is 2.43. The van der Waals surface area contributed by atoms with Crippen molar-refractivity contribution in [3.8, 4) is 5.88 Å². The summed E-state index contributed by atoms with van der Waals surface area (Å²) in [5.41, 5.74) is 0. The largest absolute Gasteiger partial charge is 0.470 e. The third-order valence-electron chi connectivity index (χ3n) is 4.18. The molecule has 2 saturated carbocycles. The number of hydrogen-bond donors (Lipinski definition) is 1. The van der Waals surface area contributed by atoms with Crippen LogP contribution >= 0.6 is 35.9 Å². The van der Waals surface area contributed by atoms with E-state index in [2.05, 4.69) is 14.1 Å². The van der Waals surface area contributed by atoms with Crippen molar-refractivity contribution in [3.05, 3.63) is 0 Å². The molecule has 1 saturated heterocycles. The van der Waals surface area contributed by atoms with Crippen molar-refractivity contribution >= 4 is 35.9 Å². The fourth-order valence-electron chi connectivity index (χ4n) is 2.91. The molecule has 3 unspecified atom stereocenters. The van der Waals surface area contributed by atoms with Crippen molar-refractivity contribution in [3.63, 3.8) is 0 Å². The van der Waals surface area contributed by atoms with E-state index in [1.54, 1.807) is 0 Å². The van der Waals surface area contributed by atoms with E-state index in [1.807, 2.05) is 11.8 Å². The summed E-state index contributed by atoms with van der Waals surface area (Å²) < 4.78 is 14.9. The monoisotopic (exact) mass is 319 g/mol. The predicted octanol–water partition coefficient (Wildman–Crippen LogP) is 2.59. The Bertz CT molecular complexity index is 420. The molecule has 1 aliphatic heterocycles. The molecule has 2 aliphatic carbocycles. The average Bonchev–Trinajstić information content (AvgIpc) is 2.85. The first-order valence-corrected chi connectivity index (χ1v) is 8.47. The van der Waals surface area contributed by atoms with Crippen LogP contribution in [0.1, 0.15) is 25.7 Å². The molecule has 0 radical (unpaired) electrons. The van der Waals surface area contributed by atoms with Crippen molar-refractivity contribution in [1.82, 2.24) is 14.1 Å². The summed E-state index contributed by atoms with van der Waals surface area (Å²) in [6, 6.07) is 0.540. The normalized spacial score (nSPS) is 32.3. The molecule has 1 aromatic heterocycles. The smallest absolute Gasteiger partial charge is 0.260 e. The summed E-state index contributed by atoms with van der Waals surface area (Å²) in [4.78, 5) is 0. The van der Waals surface area contributed by atoms with Gasteiger partial charge >= 0.3 is 0 Å². The number of hydrogen-bond acceptors (Lipinski definition) is 6. The van der Waals surface area contributed by atoms with Gasteiger partial charge in [0.05, 0.1) is 11.7 Å². The number of ether oxygens (including phenoxy) is 1. The number of thioether (sulfide) groups is 1. The lowest BCUT2D eigenvalue weighted by Crippen LogP contribution is -2.31. The summed E-state index contributed by atoms with van der Waals surface area (Å²) in [7, 11) is 0. The Labute approximate surface area is 127 Å². The van der Waals surface area contributed by atoms with Gasteiger partial charge in [0.2, 0.25) is 0 Å². The zero-order valence-electron chi connectivity index (χ0n) is 10.6. The quantitative estimate of drug-likeness (QED) is 0.845. The number of nitrogens with one attached hydrogen (secondary N) is 1. The van der Waals surface area contributed by atoms with Gasteiger partial charge in [-0.15, -0.1) is 16.8 Å². The Kier molecular flexibility index (Phi) is 4.22. The van der Waals surface area contributed by atoms with Crippen LogP contribution in [0.5, 0.6) is 5.88 Å². The van der Waals surface area contributed by atoms with Gasteiger partial charge in [-0.2, -0.15) is 4.37 Å². The first-order valence-electron chi connectivity index (χ1n) is 6.75. The number of fused-ring (bicyclic) bond motifs is 2. The number of nitrogens with zero attached hydrogens (tertiary/aromatic N) is 2. The topological polar surface area (TPSA) is 47.0 Å². The molecule has 1 aromatic rings. The zero-order chi connectivity index (χ0) is 11.9. The van der Waals surface area contributed by atoms with Crippen LogP contribution in [0.2, 0.25) is 0 Å². The molecule has 1 N–H and O–H groups in total. The molecule has 4 rings (SSSR count). The predicted molar refractivity (Wildman–Crippen MR) is 79.5 cm³/mol. The van der Waals surface area contributed by atoms with E-state index < -0.39 is 0 Å². The second-order valence-corrected chi connectivity index (χ2v) is 7.10. The molecule has 3 aliphatic rings. The summed E-state index contributed by atoms with van der Waals surface area (Å²) in [5, 5.41) is 4.53. The molecular formula is C12H18ClN3OS2. The lowest BCUT2D eigenvalue weighted by atomic mass is 10.1. The van der Waals surface area contributed by atoms with Crippen molar-refractivity contribution in [2.24, 2.45) is 11.8 Å². The number of halogens is 1. The minimum Gasteiger partial charge on any atom is -0.470 e. The van der Waals surface area contributed by atoms with Gasteiger partial charge in [-0.3, -0.25) is 0 Å². The first kappa shape index (κ1) is 13.9. The first-order chi connectivity index (χ1) is 8.90. The van der Waals surface area contributed by atoms with Crippen LogP contribution in [-0.2, 0) is 0 Å². The minimum atomic E-state index is 0. The Hall–Kier alpha value is -0.0400. The van der Waals surface area contributed by atoms with Gasteiger partial charge in [-0.05, 0) is 31.6 Å². The van der Waals surface area contributed by atoms with Crippen molar-refractivity contribution in [2.75, 3.05) is 12.3 Å². The lowest BCUT2D eigenvalue weighted by Gasteiger charge is -2.15. The Morgan fingerprint density at radius 3 is 2.79 bits per heavy atom. The van der Waals surface area contributed by atoms with E-state index in [-0.39, 0.29) is 12.4 Å². The molecule has 3 fully saturated rings. The highest BCUT2D eigenvalue weighted by atomic mass is 35.5. The highest BCUT2D eigenvalue weighted by molar-refractivity contribution is 7.99. The SMILES string of the molecule is C1CC1CSc1nsnc1OC1C2CCC1NC2.Cl. The van der Waals surface area contributed by atoms with Crippen LogP contribution in [0.15, 0.2) is 5.03 Å². The van der Waals surface area contributed by atoms with Crippen molar-refractivity contribution in [1.29, 1.82) is 0 Å². The van der Waals surface area contributed by atoms with Gasteiger partial charge in [0, 0.05) is 24.3 Å². The third-order valence-corrected chi connectivity index (χ3v) is 5.99. The minimum absolute atomic E-state index is 0. The molecule has 4 nitrogen and oxygen atoms in total. The Morgan fingerprint density at radius 1 is 1.26 bits per heavy atom.